The van der Waals surface area contributed by atoms with Gasteiger partial charge in [0.05, 0.1) is 10.6 Å². The Labute approximate surface area is 182 Å². The number of nitro benzene ring substituents is 1. The van der Waals surface area contributed by atoms with Gasteiger partial charge in [-0.25, -0.2) is 4.98 Å². The van der Waals surface area contributed by atoms with E-state index in [1.807, 2.05) is 35.7 Å². The predicted octanol–water partition coefficient (Wildman–Crippen LogP) is 6.36. The lowest BCUT2D eigenvalue weighted by molar-refractivity contribution is -0.384. The molecule has 1 heterocycles. The highest BCUT2D eigenvalue weighted by Gasteiger charge is 2.10. The molecule has 4 aromatic rings. The Morgan fingerprint density at radius 3 is 2.42 bits per heavy atom. The number of allylic oxidation sites excluding steroid dienone is 1. The van der Waals surface area contributed by atoms with Gasteiger partial charge in [0.1, 0.15) is 16.6 Å². The van der Waals surface area contributed by atoms with E-state index in [1.165, 1.54) is 29.7 Å². The van der Waals surface area contributed by atoms with Crippen LogP contribution in [0.2, 0.25) is 0 Å². The molecule has 1 aromatic heterocycles. The lowest BCUT2D eigenvalue weighted by Crippen LogP contribution is -1.93. The molecule has 0 fully saturated rings. The van der Waals surface area contributed by atoms with E-state index in [4.69, 9.17) is 0 Å². The Bertz CT molecular complexity index is 1290. The zero-order valence-corrected chi connectivity index (χ0v) is 17.0. The molecule has 0 saturated heterocycles. The minimum absolute atomic E-state index is 0.0209. The molecule has 0 aliphatic rings. The second-order valence-electron chi connectivity index (χ2n) is 6.60. The molecule has 7 heteroatoms. The Balaban J connectivity index is 1.53. The van der Waals surface area contributed by atoms with Crippen LogP contribution in [0.5, 0.6) is 0 Å². The predicted molar refractivity (Wildman–Crippen MR) is 123 cm³/mol. The summed E-state index contributed by atoms with van der Waals surface area (Å²) < 4.78 is 0. The summed E-state index contributed by atoms with van der Waals surface area (Å²) in [4.78, 5) is 15.0. The van der Waals surface area contributed by atoms with Gasteiger partial charge in [-0.05, 0) is 17.2 Å². The first kappa shape index (κ1) is 20.0. The van der Waals surface area contributed by atoms with Crippen molar-refractivity contribution in [1.29, 1.82) is 5.26 Å². The number of benzene rings is 3. The number of hydrogen-bond donors (Lipinski definition) is 1. The van der Waals surface area contributed by atoms with Gasteiger partial charge in [-0.3, -0.25) is 10.1 Å². The van der Waals surface area contributed by atoms with Crippen LogP contribution < -0.4 is 5.32 Å². The van der Waals surface area contributed by atoms with Gasteiger partial charge >= 0.3 is 0 Å². The summed E-state index contributed by atoms with van der Waals surface area (Å²) in [5, 5.41) is 25.9. The number of thiazole rings is 1. The lowest BCUT2D eigenvalue weighted by Gasteiger charge is -2.03. The van der Waals surface area contributed by atoms with Gasteiger partial charge < -0.3 is 5.32 Å². The zero-order valence-electron chi connectivity index (χ0n) is 16.2. The van der Waals surface area contributed by atoms with E-state index in [2.05, 4.69) is 40.6 Å². The zero-order chi connectivity index (χ0) is 21.6. The van der Waals surface area contributed by atoms with Crippen LogP contribution in [0.1, 0.15) is 5.01 Å². The first-order chi connectivity index (χ1) is 15.1. The second-order valence-corrected chi connectivity index (χ2v) is 7.46. The molecule has 150 valence electrons. The summed E-state index contributed by atoms with van der Waals surface area (Å²) in [5.74, 6) is 0. The summed E-state index contributed by atoms with van der Waals surface area (Å²) in [6, 6.07) is 26.5. The summed E-state index contributed by atoms with van der Waals surface area (Å²) in [6.07, 6.45) is 1.51. The highest BCUT2D eigenvalue weighted by molar-refractivity contribution is 7.11. The number of rotatable bonds is 6. The molecule has 1 N–H and O–H groups in total. The largest absolute Gasteiger partial charge is 0.360 e. The van der Waals surface area contributed by atoms with Gasteiger partial charge in [-0.2, -0.15) is 5.26 Å². The molecule has 0 aliphatic carbocycles. The molecular formula is C24H16N4O2S. The van der Waals surface area contributed by atoms with Crippen molar-refractivity contribution in [3.8, 4) is 28.5 Å². The summed E-state index contributed by atoms with van der Waals surface area (Å²) in [5.41, 5.74) is 4.88. The van der Waals surface area contributed by atoms with E-state index < -0.39 is 4.92 Å². The van der Waals surface area contributed by atoms with Crippen LogP contribution in [-0.4, -0.2) is 9.91 Å². The lowest BCUT2D eigenvalue weighted by atomic mass is 10.0. The molecule has 3 aromatic carbocycles. The highest BCUT2D eigenvalue weighted by Crippen LogP contribution is 2.28. The van der Waals surface area contributed by atoms with Crippen LogP contribution in [0, 0.1) is 21.4 Å². The number of non-ortho nitro benzene ring substituents is 1. The Hall–Kier alpha value is -4.28. The third kappa shape index (κ3) is 4.66. The van der Waals surface area contributed by atoms with Crippen LogP contribution in [0.4, 0.5) is 11.4 Å². The summed E-state index contributed by atoms with van der Waals surface area (Å²) in [6.45, 7) is 0. The molecule has 0 bridgehead atoms. The topological polar surface area (TPSA) is 91.8 Å². The minimum Gasteiger partial charge on any atom is -0.360 e. The maximum absolute atomic E-state index is 10.9. The Kier molecular flexibility index (Phi) is 5.83. The molecule has 31 heavy (non-hydrogen) atoms. The monoisotopic (exact) mass is 424 g/mol. The van der Waals surface area contributed by atoms with E-state index in [0.717, 1.165) is 22.4 Å². The van der Waals surface area contributed by atoms with Gasteiger partial charge in [-0.1, -0.05) is 60.7 Å². The van der Waals surface area contributed by atoms with Crippen molar-refractivity contribution < 1.29 is 4.92 Å². The van der Waals surface area contributed by atoms with Gasteiger partial charge in [0.15, 0.2) is 0 Å². The molecule has 6 nitrogen and oxygen atoms in total. The van der Waals surface area contributed by atoms with Crippen LogP contribution in [-0.2, 0) is 0 Å². The number of nitrogens with one attached hydrogen (secondary N) is 1. The number of anilines is 1. The molecule has 0 unspecified atom stereocenters. The molecule has 4 rings (SSSR count). The maximum Gasteiger partial charge on any atom is 0.271 e. The van der Waals surface area contributed by atoms with Crippen molar-refractivity contribution in [2.75, 3.05) is 5.32 Å². The van der Waals surface area contributed by atoms with Crippen molar-refractivity contribution >= 4 is 28.3 Å². The summed E-state index contributed by atoms with van der Waals surface area (Å²) in [7, 11) is 0. The third-order valence-electron chi connectivity index (χ3n) is 4.58. The third-order valence-corrected chi connectivity index (χ3v) is 5.46. The number of nitriles is 1. The average Bonchev–Trinajstić information content (AvgIpc) is 3.30. The smallest absolute Gasteiger partial charge is 0.271 e. The van der Waals surface area contributed by atoms with E-state index in [9.17, 15) is 15.4 Å². The molecule has 0 spiro atoms. The van der Waals surface area contributed by atoms with Gasteiger partial charge in [0, 0.05) is 35.0 Å². The fourth-order valence-electron chi connectivity index (χ4n) is 3.00. The number of nitro groups is 1. The molecule has 0 saturated carbocycles. The average molecular weight is 424 g/mol. The van der Waals surface area contributed by atoms with Crippen molar-refractivity contribution in [3.05, 3.63) is 106 Å². The second kappa shape index (κ2) is 9.03. The molecule has 0 aliphatic heterocycles. The van der Waals surface area contributed by atoms with Crippen molar-refractivity contribution in [2.24, 2.45) is 0 Å². The minimum atomic E-state index is -0.462. The fourth-order valence-corrected chi connectivity index (χ4v) is 3.80. The van der Waals surface area contributed by atoms with Crippen LogP contribution in [0.25, 0.3) is 28.0 Å². The maximum atomic E-state index is 10.9. The standard InChI is InChI=1S/C24H16N4O2S/c25-14-20(15-26-21-7-4-8-22(13-21)28(29)30)24-27-23(16-31-24)19-11-9-18(10-12-19)17-5-2-1-3-6-17/h1-13,15-16,26H/b20-15+. The first-order valence-corrected chi connectivity index (χ1v) is 10.2. The van der Waals surface area contributed by atoms with E-state index in [0.29, 0.717) is 16.3 Å². The number of nitrogens with zero attached hydrogens (tertiary/aromatic N) is 3. The number of aromatic nitrogens is 1. The quantitative estimate of drug-likeness (QED) is 0.221. The number of hydrogen-bond acceptors (Lipinski definition) is 6. The fraction of sp³-hybridized carbons (Fsp3) is 0. The van der Waals surface area contributed by atoms with Gasteiger partial charge in [0.25, 0.3) is 5.69 Å². The molecule has 0 amide bonds. The van der Waals surface area contributed by atoms with Gasteiger partial charge in [-0.15, -0.1) is 11.3 Å². The normalized spacial score (nSPS) is 11.0. The van der Waals surface area contributed by atoms with Crippen LogP contribution in [0.3, 0.4) is 0 Å². The van der Waals surface area contributed by atoms with E-state index in [1.54, 1.807) is 12.1 Å². The van der Waals surface area contributed by atoms with Gasteiger partial charge in [0.2, 0.25) is 0 Å². The van der Waals surface area contributed by atoms with Crippen molar-refractivity contribution in [2.45, 2.75) is 0 Å². The SMILES string of the molecule is N#C/C(=C\Nc1cccc([N+](=O)[O-])c1)c1nc(-c2ccc(-c3ccccc3)cc2)cs1. The molecule has 0 radical (unpaired) electrons. The summed E-state index contributed by atoms with van der Waals surface area (Å²) >= 11 is 1.37. The Morgan fingerprint density at radius 2 is 1.71 bits per heavy atom. The highest BCUT2D eigenvalue weighted by atomic mass is 32.1. The van der Waals surface area contributed by atoms with E-state index >= 15 is 0 Å². The molecular weight excluding hydrogens is 408 g/mol. The molecule has 0 atom stereocenters. The van der Waals surface area contributed by atoms with Crippen LogP contribution in [0.15, 0.2) is 90.4 Å². The Morgan fingerprint density at radius 1 is 1.00 bits per heavy atom. The van der Waals surface area contributed by atoms with Crippen molar-refractivity contribution in [3.63, 3.8) is 0 Å². The van der Waals surface area contributed by atoms with Crippen LogP contribution >= 0.6 is 11.3 Å². The van der Waals surface area contributed by atoms with Crippen molar-refractivity contribution in [1.82, 2.24) is 4.98 Å². The van der Waals surface area contributed by atoms with E-state index in [-0.39, 0.29) is 5.69 Å². The first-order valence-electron chi connectivity index (χ1n) is 9.37.